The van der Waals surface area contributed by atoms with Crippen LogP contribution >= 0.6 is 0 Å². The Bertz CT molecular complexity index is 1090. The molecule has 3 aromatic rings. The molecule has 2 N–H and O–H groups in total. The predicted octanol–water partition coefficient (Wildman–Crippen LogP) is 4.97. The molecule has 0 saturated carbocycles. The zero-order valence-electron chi connectivity index (χ0n) is 18.1. The molecule has 2 amide bonds. The van der Waals surface area contributed by atoms with E-state index in [0.717, 1.165) is 29.6 Å². The highest BCUT2D eigenvalue weighted by Gasteiger charge is 2.27. The molecule has 5 nitrogen and oxygen atoms in total. The van der Waals surface area contributed by atoms with Crippen molar-refractivity contribution in [2.75, 3.05) is 5.32 Å². The normalized spacial score (nSPS) is 12.4. The maximum absolute atomic E-state index is 13.9. The molecule has 0 aliphatic heterocycles. The van der Waals surface area contributed by atoms with Gasteiger partial charge >= 0.3 is 0 Å². The summed E-state index contributed by atoms with van der Waals surface area (Å²) in [6, 6.07) is 9.80. The quantitative estimate of drug-likeness (QED) is 0.559. The molecule has 2 aromatic carbocycles. The third-order valence-corrected chi connectivity index (χ3v) is 5.03. The van der Waals surface area contributed by atoms with Crippen molar-refractivity contribution in [3.05, 3.63) is 65.9 Å². The highest BCUT2D eigenvalue weighted by molar-refractivity contribution is 6.02. The van der Waals surface area contributed by atoms with Crippen LogP contribution < -0.4 is 10.6 Å². The summed E-state index contributed by atoms with van der Waals surface area (Å²) in [6.07, 6.45) is 2.01. The van der Waals surface area contributed by atoms with Gasteiger partial charge < -0.3 is 15.2 Å². The molecule has 0 saturated heterocycles. The van der Waals surface area contributed by atoms with Crippen LogP contribution in [0.25, 0.3) is 10.9 Å². The molecule has 0 aliphatic rings. The number of nitrogens with one attached hydrogen (secondary N) is 2. The Morgan fingerprint density at radius 2 is 1.68 bits per heavy atom. The van der Waals surface area contributed by atoms with Gasteiger partial charge in [-0.25, -0.2) is 8.78 Å². The van der Waals surface area contributed by atoms with Gasteiger partial charge in [0.1, 0.15) is 23.2 Å². The van der Waals surface area contributed by atoms with Gasteiger partial charge in [-0.15, -0.1) is 0 Å². The number of fused-ring (bicyclic) bond motifs is 1. The number of amides is 2. The van der Waals surface area contributed by atoms with Crippen LogP contribution in [0.2, 0.25) is 0 Å². The van der Waals surface area contributed by atoms with E-state index in [-0.39, 0.29) is 5.92 Å². The number of aromatic nitrogens is 1. The maximum Gasteiger partial charge on any atom is 0.257 e. The molecular formula is C24H27F2N3O2. The van der Waals surface area contributed by atoms with Crippen molar-refractivity contribution in [2.45, 2.75) is 40.3 Å². The van der Waals surface area contributed by atoms with Gasteiger partial charge in [-0.05, 0) is 48.2 Å². The van der Waals surface area contributed by atoms with E-state index in [1.807, 2.05) is 24.4 Å². The zero-order valence-corrected chi connectivity index (χ0v) is 18.1. The van der Waals surface area contributed by atoms with E-state index in [0.29, 0.717) is 11.6 Å². The molecular weight excluding hydrogens is 400 g/mol. The Morgan fingerprint density at radius 3 is 2.29 bits per heavy atom. The van der Waals surface area contributed by atoms with Crippen molar-refractivity contribution in [2.24, 2.45) is 11.8 Å². The minimum absolute atomic E-state index is 0.297. The van der Waals surface area contributed by atoms with Crippen LogP contribution in [0, 0.1) is 23.5 Å². The Kier molecular flexibility index (Phi) is 6.73. The number of carbonyl (C=O) groups excluding carboxylic acids is 2. The van der Waals surface area contributed by atoms with Crippen LogP contribution in [-0.4, -0.2) is 22.4 Å². The van der Waals surface area contributed by atoms with Crippen molar-refractivity contribution in [1.29, 1.82) is 0 Å². The molecule has 1 atom stereocenters. The maximum atomic E-state index is 13.9. The molecule has 164 valence electrons. The van der Waals surface area contributed by atoms with Crippen molar-refractivity contribution in [3.63, 3.8) is 0 Å². The first-order valence-corrected chi connectivity index (χ1v) is 10.3. The minimum Gasteiger partial charge on any atom is -0.347 e. The Morgan fingerprint density at radius 1 is 1.00 bits per heavy atom. The lowest BCUT2D eigenvalue weighted by atomic mass is 10.0. The number of rotatable bonds is 7. The summed E-state index contributed by atoms with van der Waals surface area (Å²) in [6.45, 7) is 8.68. The molecule has 0 aliphatic carbocycles. The number of carbonyl (C=O) groups is 2. The summed E-state index contributed by atoms with van der Waals surface area (Å²) in [5.74, 6) is -3.17. The number of benzene rings is 2. The fourth-order valence-corrected chi connectivity index (χ4v) is 3.51. The molecule has 7 heteroatoms. The van der Waals surface area contributed by atoms with E-state index < -0.39 is 35.1 Å². The molecule has 0 unspecified atom stereocenters. The average Bonchev–Trinajstić information content (AvgIpc) is 3.07. The molecule has 0 spiro atoms. The summed E-state index contributed by atoms with van der Waals surface area (Å²) in [4.78, 5) is 25.3. The minimum atomic E-state index is -0.975. The zero-order chi connectivity index (χ0) is 22.7. The van der Waals surface area contributed by atoms with E-state index >= 15 is 0 Å². The van der Waals surface area contributed by atoms with Crippen LogP contribution in [-0.2, 0) is 11.3 Å². The standard InChI is InChI=1S/C24H27F2N3O2/c1-14(2)13-29-11-10-16-12-17(8-9-20(16)29)27-24(31)22(15(3)4)28-23(30)21-18(25)6-5-7-19(21)26/h5-12,14-15,22H,13H2,1-4H3,(H,27,31)(H,28,30)/t22-/m0/s1. The lowest BCUT2D eigenvalue weighted by Crippen LogP contribution is -2.47. The van der Waals surface area contributed by atoms with E-state index in [2.05, 4.69) is 29.0 Å². The van der Waals surface area contributed by atoms with Crippen LogP contribution in [0.4, 0.5) is 14.5 Å². The topological polar surface area (TPSA) is 63.1 Å². The monoisotopic (exact) mass is 427 g/mol. The fraction of sp³-hybridized carbons (Fsp3) is 0.333. The first-order valence-electron chi connectivity index (χ1n) is 10.3. The number of anilines is 1. The second-order valence-corrected chi connectivity index (χ2v) is 8.42. The van der Waals surface area contributed by atoms with Gasteiger partial charge in [0.25, 0.3) is 5.91 Å². The molecule has 0 radical (unpaired) electrons. The lowest BCUT2D eigenvalue weighted by molar-refractivity contribution is -0.118. The van der Waals surface area contributed by atoms with Crippen molar-refractivity contribution < 1.29 is 18.4 Å². The molecule has 1 aromatic heterocycles. The van der Waals surface area contributed by atoms with Gasteiger partial charge in [0.2, 0.25) is 5.91 Å². The van der Waals surface area contributed by atoms with Crippen molar-refractivity contribution >= 4 is 28.4 Å². The fourth-order valence-electron chi connectivity index (χ4n) is 3.51. The van der Waals surface area contributed by atoms with Gasteiger partial charge in [0.05, 0.1) is 0 Å². The molecule has 0 fully saturated rings. The summed E-state index contributed by atoms with van der Waals surface area (Å²) in [7, 11) is 0. The average molecular weight is 427 g/mol. The predicted molar refractivity (Wildman–Crippen MR) is 118 cm³/mol. The van der Waals surface area contributed by atoms with Crippen LogP contribution in [0.15, 0.2) is 48.7 Å². The number of nitrogens with zero attached hydrogens (tertiary/aromatic N) is 1. The van der Waals surface area contributed by atoms with Gasteiger partial charge in [0.15, 0.2) is 0 Å². The van der Waals surface area contributed by atoms with Gasteiger partial charge in [-0.2, -0.15) is 0 Å². The number of hydrogen-bond donors (Lipinski definition) is 2. The van der Waals surface area contributed by atoms with Crippen LogP contribution in [0.5, 0.6) is 0 Å². The van der Waals surface area contributed by atoms with E-state index in [1.54, 1.807) is 19.9 Å². The van der Waals surface area contributed by atoms with Crippen LogP contribution in [0.1, 0.15) is 38.1 Å². The largest absolute Gasteiger partial charge is 0.347 e. The summed E-state index contributed by atoms with van der Waals surface area (Å²) < 4.78 is 30.0. The van der Waals surface area contributed by atoms with E-state index in [4.69, 9.17) is 0 Å². The Balaban J connectivity index is 1.77. The van der Waals surface area contributed by atoms with Crippen molar-refractivity contribution in [1.82, 2.24) is 9.88 Å². The second kappa shape index (κ2) is 9.29. The smallest absolute Gasteiger partial charge is 0.257 e. The van der Waals surface area contributed by atoms with Gasteiger partial charge in [-0.3, -0.25) is 9.59 Å². The molecule has 1 heterocycles. The Hall–Kier alpha value is -3.22. The third kappa shape index (κ3) is 5.10. The summed E-state index contributed by atoms with van der Waals surface area (Å²) >= 11 is 0. The molecule has 31 heavy (non-hydrogen) atoms. The third-order valence-electron chi connectivity index (χ3n) is 5.03. The summed E-state index contributed by atoms with van der Waals surface area (Å²) in [5, 5.41) is 6.25. The van der Waals surface area contributed by atoms with Crippen LogP contribution in [0.3, 0.4) is 0 Å². The van der Waals surface area contributed by atoms with Crippen molar-refractivity contribution in [3.8, 4) is 0 Å². The highest BCUT2D eigenvalue weighted by atomic mass is 19.1. The van der Waals surface area contributed by atoms with E-state index in [9.17, 15) is 18.4 Å². The first-order chi connectivity index (χ1) is 14.7. The second-order valence-electron chi connectivity index (χ2n) is 8.42. The number of halogens is 2. The van der Waals surface area contributed by atoms with E-state index in [1.165, 1.54) is 6.07 Å². The summed E-state index contributed by atoms with van der Waals surface area (Å²) in [5.41, 5.74) is 0.945. The number of hydrogen-bond acceptors (Lipinski definition) is 2. The van der Waals surface area contributed by atoms with Gasteiger partial charge in [0, 0.05) is 29.3 Å². The SMILES string of the molecule is CC(C)Cn1ccc2cc(NC(=O)[C@@H](NC(=O)c3c(F)cccc3F)C(C)C)ccc21. The first kappa shape index (κ1) is 22.5. The molecule has 0 bridgehead atoms. The lowest BCUT2D eigenvalue weighted by Gasteiger charge is -2.22. The Labute approximate surface area is 180 Å². The molecule has 3 rings (SSSR count). The van der Waals surface area contributed by atoms with Gasteiger partial charge in [-0.1, -0.05) is 33.8 Å². The highest BCUT2D eigenvalue weighted by Crippen LogP contribution is 2.22.